The molecule has 0 saturated heterocycles. The quantitative estimate of drug-likeness (QED) is 0.141. The van der Waals surface area contributed by atoms with Crippen LogP contribution in [0.3, 0.4) is 0 Å². The van der Waals surface area contributed by atoms with Crippen molar-refractivity contribution in [3.05, 3.63) is 97.1 Å². The Balaban J connectivity index is 0.00000260. The van der Waals surface area contributed by atoms with E-state index in [2.05, 4.69) is 20.5 Å². The Morgan fingerprint density at radius 2 is 1.33 bits per heavy atom. The maximum atomic E-state index is 12.7. The molecule has 0 radical (unpaired) electrons. The first-order valence-electron chi connectivity index (χ1n) is 13.7. The van der Waals surface area contributed by atoms with Gasteiger partial charge in [-0.05, 0) is 42.0 Å². The third-order valence-corrected chi connectivity index (χ3v) is 8.79. The van der Waals surface area contributed by atoms with Crippen LogP contribution >= 0.6 is 0 Å². The number of hydrogen-bond acceptors (Lipinski definition) is 11. The van der Waals surface area contributed by atoms with Crippen molar-refractivity contribution >= 4 is 75.3 Å². The molecule has 0 amide bonds. The van der Waals surface area contributed by atoms with Crippen LogP contribution in [0.4, 0.5) is 22.7 Å². The zero-order valence-corrected chi connectivity index (χ0v) is 31.5. The molecule has 6 aromatic carbocycles. The Labute approximate surface area is 319 Å². The van der Waals surface area contributed by atoms with E-state index < -0.39 is 30.0 Å². The first kappa shape index (κ1) is 37.5. The van der Waals surface area contributed by atoms with Crippen LogP contribution in [0.1, 0.15) is 6.92 Å². The largest absolute Gasteiger partial charge is 1.00 e. The van der Waals surface area contributed by atoms with Gasteiger partial charge in [0.1, 0.15) is 26.5 Å². The molecule has 0 fully saturated rings. The maximum absolute atomic E-state index is 12.7. The molecule has 0 bridgehead atoms. The number of nitrogens with zero attached hydrogens (tertiary/aromatic N) is 4. The standard InChI is InChI=1S/C32H24N4O8S2.2Na/c1-2-44-29-18-27(34-33-21-13-11-20-15-22(45(38,39)40)17-30(26(20)16-21)46(41,42)43)24-9-5-6-10-25(24)32(29)36-35-31-23-8-4-3-7-19(23)12-14-28(31)37;;/h3-18,37H,2H2,1H3,(H,38,39,40)(H,41,42,43);;/q;2*+1/p-2. The zero-order chi connectivity index (χ0) is 32.6. The molecule has 0 spiro atoms. The van der Waals surface area contributed by atoms with E-state index in [0.29, 0.717) is 39.3 Å². The molecular weight excluding hydrogens is 678 g/mol. The van der Waals surface area contributed by atoms with Crippen molar-refractivity contribution in [1.29, 1.82) is 0 Å². The van der Waals surface area contributed by atoms with Gasteiger partial charge in [0.25, 0.3) is 10.1 Å². The van der Waals surface area contributed by atoms with E-state index in [1.54, 1.807) is 49.4 Å². The molecule has 0 unspecified atom stereocenters. The van der Waals surface area contributed by atoms with Crippen LogP contribution in [-0.2, 0) is 20.2 Å². The third kappa shape index (κ3) is 7.79. The molecule has 0 aliphatic carbocycles. The number of ether oxygens (including phenoxy) is 1. The number of benzene rings is 6. The van der Waals surface area contributed by atoms with Gasteiger partial charge in [0.05, 0.1) is 28.6 Å². The summed E-state index contributed by atoms with van der Waals surface area (Å²) in [6.07, 6.45) is 0. The van der Waals surface area contributed by atoms with Gasteiger partial charge < -0.3 is 14.4 Å². The summed E-state index contributed by atoms with van der Waals surface area (Å²) in [5.74, 6) is 0.0404. The molecule has 0 aliphatic heterocycles. The van der Waals surface area contributed by atoms with Crippen molar-refractivity contribution < 1.29 is 94.9 Å². The molecule has 12 nitrogen and oxygen atoms in total. The van der Waals surface area contributed by atoms with Gasteiger partial charge in [-0.15, -0.1) is 10.2 Å². The fourth-order valence-corrected chi connectivity index (χ4v) is 6.36. The predicted molar refractivity (Wildman–Crippen MR) is 169 cm³/mol. The van der Waals surface area contributed by atoms with E-state index in [1.165, 1.54) is 24.3 Å². The smallest absolute Gasteiger partial charge is 0.871 e. The molecule has 48 heavy (non-hydrogen) atoms. The van der Waals surface area contributed by atoms with Gasteiger partial charge in [0, 0.05) is 27.6 Å². The SMILES string of the molecule is CCOc1cc(N=Nc2ccc3cc(S(=O)(=O)[O-])cc(S(=O)(=O)O)c3c2)c2ccccc2c1N=Nc1c([O-])ccc2ccccc12.[Na+].[Na+]. The summed E-state index contributed by atoms with van der Waals surface area (Å²) in [5, 5.41) is 32.9. The molecule has 0 aromatic heterocycles. The minimum atomic E-state index is -5.01. The summed E-state index contributed by atoms with van der Waals surface area (Å²) in [6, 6.07) is 25.0. The first-order valence-corrected chi connectivity index (χ1v) is 16.5. The minimum Gasteiger partial charge on any atom is -0.871 e. The number of fused-ring (bicyclic) bond motifs is 3. The summed E-state index contributed by atoms with van der Waals surface area (Å²) < 4.78 is 74.5. The van der Waals surface area contributed by atoms with Crippen LogP contribution in [0.25, 0.3) is 32.3 Å². The fraction of sp³-hybridized carbons (Fsp3) is 0.0625. The second kappa shape index (κ2) is 15.1. The van der Waals surface area contributed by atoms with Crippen LogP contribution < -0.4 is 69.0 Å². The Bertz CT molecular complexity index is 2480. The van der Waals surface area contributed by atoms with E-state index in [-0.39, 0.29) is 93.6 Å². The molecule has 16 heteroatoms. The van der Waals surface area contributed by atoms with Gasteiger partial charge in [-0.25, -0.2) is 8.42 Å². The summed E-state index contributed by atoms with van der Waals surface area (Å²) in [7, 11) is -9.92. The Kier molecular flexibility index (Phi) is 11.8. The van der Waals surface area contributed by atoms with E-state index in [9.17, 15) is 31.0 Å². The molecule has 0 saturated carbocycles. The number of hydrogen-bond donors (Lipinski definition) is 1. The van der Waals surface area contributed by atoms with E-state index >= 15 is 0 Å². The fourth-order valence-electron chi connectivity index (χ4n) is 5.02. The van der Waals surface area contributed by atoms with E-state index in [1.807, 2.05) is 18.2 Å². The van der Waals surface area contributed by atoms with Gasteiger partial charge in [-0.2, -0.15) is 18.6 Å². The molecule has 6 aromatic rings. The van der Waals surface area contributed by atoms with Crippen molar-refractivity contribution in [2.75, 3.05) is 6.61 Å². The molecule has 6 rings (SSSR count). The number of azo groups is 2. The number of rotatable bonds is 8. The van der Waals surface area contributed by atoms with Crippen LogP contribution in [0.15, 0.2) is 127 Å². The molecule has 232 valence electrons. The van der Waals surface area contributed by atoms with Gasteiger partial charge in [0.2, 0.25) is 0 Å². The van der Waals surface area contributed by atoms with Crippen LogP contribution in [0.5, 0.6) is 11.5 Å². The van der Waals surface area contributed by atoms with Crippen molar-refractivity contribution in [2.24, 2.45) is 20.5 Å². The Morgan fingerprint density at radius 3 is 2.02 bits per heavy atom. The van der Waals surface area contributed by atoms with Gasteiger partial charge in [0.15, 0.2) is 0 Å². The van der Waals surface area contributed by atoms with Crippen LogP contribution in [0.2, 0.25) is 0 Å². The van der Waals surface area contributed by atoms with Crippen LogP contribution in [-0.4, -0.2) is 32.5 Å². The van der Waals surface area contributed by atoms with Gasteiger partial charge >= 0.3 is 59.1 Å². The third-order valence-electron chi connectivity index (χ3n) is 7.09. The van der Waals surface area contributed by atoms with Crippen molar-refractivity contribution in [3.63, 3.8) is 0 Å². The van der Waals surface area contributed by atoms with Gasteiger partial charge in [-0.3, -0.25) is 4.55 Å². The summed E-state index contributed by atoms with van der Waals surface area (Å²) >= 11 is 0. The maximum Gasteiger partial charge on any atom is 1.00 e. The second-order valence-electron chi connectivity index (χ2n) is 10.0. The average Bonchev–Trinajstić information content (AvgIpc) is 3.02. The average molecular weight is 701 g/mol. The zero-order valence-electron chi connectivity index (χ0n) is 25.9. The van der Waals surface area contributed by atoms with Crippen LogP contribution in [0, 0.1) is 0 Å². The Morgan fingerprint density at radius 1 is 0.688 bits per heavy atom. The van der Waals surface area contributed by atoms with Crippen molar-refractivity contribution in [3.8, 4) is 11.5 Å². The van der Waals surface area contributed by atoms with Crippen molar-refractivity contribution in [1.82, 2.24) is 0 Å². The molecular formula is C32H22N4Na2O8S2. The van der Waals surface area contributed by atoms with Crippen molar-refractivity contribution in [2.45, 2.75) is 16.7 Å². The molecule has 0 atom stereocenters. The molecule has 1 N–H and O–H groups in total. The normalized spacial score (nSPS) is 12.1. The molecule has 0 aliphatic rings. The minimum absolute atomic E-state index is 0. The summed E-state index contributed by atoms with van der Waals surface area (Å²) in [6.45, 7) is 2.08. The first-order chi connectivity index (χ1) is 21.9. The second-order valence-corrected chi connectivity index (χ2v) is 12.8. The summed E-state index contributed by atoms with van der Waals surface area (Å²) in [5.41, 5.74) is 1.10. The van der Waals surface area contributed by atoms with E-state index in [4.69, 9.17) is 4.74 Å². The molecule has 0 heterocycles. The topological polar surface area (TPSA) is 193 Å². The Hall–Kier alpha value is -3.28. The predicted octanol–water partition coefficient (Wildman–Crippen LogP) is 1.61. The monoisotopic (exact) mass is 700 g/mol. The summed E-state index contributed by atoms with van der Waals surface area (Å²) in [4.78, 5) is -1.57. The van der Waals surface area contributed by atoms with Gasteiger partial charge in [-0.1, -0.05) is 72.5 Å². The van der Waals surface area contributed by atoms with E-state index in [0.717, 1.165) is 11.5 Å².